The van der Waals surface area contributed by atoms with Gasteiger partial charge in [0.05, 0.1) is 17.9 Å². The highest BCUT2D eigenvalue weighted by Crippen LogP contribution is 2.36. The Morgan fingerprint density at radius 2 is 1.69 bits per heavy atom. The fraction of sp³-hybridized carbons (Fsp3) is 0.609. The van der Waals surface area contributed by atoms with E-state index in [0.29, 0.717) is 38.9 Å². The Bertz CT molecular complexity index is 834. The Hall–Kier alpha value is -2.65. The molecule has 9 heteroatoms. The van der Waals surface area contributed by atoms with Crippen molar-refractivity contribution in [3.63, 3.8) is 0 Å². The molecule has 0 radical (unpaired) electrons. The smallest absolute Gasteiger partial charge is 0.410 e. The zero-order valence-electron chi connectivity index (χ0n) is 18.1. The normalized spacial score (nSPS) is 30.2. The molecule has 3 N–H and O–H groups in total. The van der Waals surface area contributed by atoms with E-state index in [4.69, 9.17) is 4.74 Å². The number of ether oxygens (including phenoxy) is 1. The number of nitrogens with one attached hydrogen (secondary N) is 1. The van der Waals surface area contributed by atoms with Gasteiger partial charge in [-0.3, -0.25) is 14.8 Å². The van der Waals surface area contributed by atoms with Crippen LogP contribution in [0, 0.1) is 11.8 Å². The second-order valence-corrected chi connectivity index (χ2v) is 9.08. The minimum absolute atomic E-state index is 0.0792. The molecule has 9 nitrogen and oxygen atoms in total. The van der Waals surface area contributed by atoms with E-state index in [1.165, 1.54) is 10.5 Å². The molecule has 2 heterocycles. The summed E-state index contributed by atoms with van der Waals surface area (Å²) in [6, 6.07) is 10.1. The van der Waals surface area contributed by atoms with Gasteiger partial charge in [0.25, 0.3) is 0 Å². The van der Waals surface area contributed by atoms with E-state index >= 15 is 0 Å². The van der Waals surface area contributed by atoms with Gasteiger partial charge >= 0.3 is 6.09 Å². The number of hydroxylamine groups is 1. The predicted molar refractivity (Wildman–Crippen MR) is 114 cm³/mol. The Kier molecular flexibility index (Phi) is 6.95. The Balaban J connectivity index is 1.37. The van der Waals surface area contributed by atoms with Crippen LogP contribution in [0.4, 0.5) is 4.79 Å². The van der Waals surface area contributed by atoms with Gasteiger partial charge in [0.1, 0.15) is 6.10 Å². The number of aliphatic hydroxyl groups excluding tert-OH is 1. The first-order valence-corrected chi connectivity index (χ1v) is 11.4. The number of likely N-dealkylation sites (tertiary alicyclic amines) is 2. The first-order valence-electron chi connectivity index (χ1n) is 11.4. The molecule has 0 bridgehead atoms. The minimum atomic E-state index is -0.765. The van der Waals surface area contributed by atoms with Crippen molar-refractivity contribution < 1.29 is 29.4 Å². The molecule has 2 saturated heterocycles. The van der Waals surface area contributed by atoms with Crippen LogP contribution >= 0.6 is 0 Å². The van der Waals surface area contributed by atoms with Crippen LogP contribution in [-0.2, 0) is 14.3 Å². The summed E-state index contributed by atoms with van der Waals surface area (Å²) in [5.74, 6) is -1.75. The maximum atomic E-state index is 13.3. The SMILES string of the molecule is O=C(NO)[C@H]1C[C@@H](OC(=O)N2CC[C@@H](O)C2)CC[C@@H]1C(=O)N1CC[C@H](c2ccccc2)C1. The average Bonchev–Trinajstić information content (AvgIpc) is 3.48. The molecule has 2 aliphatic heterocycles. The van der Waals surface area contributed by atoms with Crippen LogP contribution in [-0.4, -0.2) is 76.4 Å². The van der Waals surface area contributed by atoms with E-state index in [2.05, 4.69) is 12.1 Å². The molecule has 0 aromatic heterocycles. The fourth-order valence-electron chi connectivity index (χ4n) is 5.22. The monoisotopic (exact) mass is 445 g/mol. The quantitative estimate of drug-likeness (QED) is 0.477. The van der Waals surface area contributed by atoms with Crippen molar-refractivity contribution in [2.45, 2.75) is 50.2 Å². The van der Waals surface area contributed by atoms with Gasteiger partial charge in [-0.15, -0.1) is 0 Å². The average molecular weight is 446 g/mol. The highest BCUT2D eigenvalue weighted by Gasteiger charge is 2.43. The van der Waals surface area contributed by atoms with Crippen LogP contribution < -0.4 is 5.48 Å². The number of rotatable bonds is 4. The van der Waals surface area contributed by atoms with Crippen molar-refractivity contribution in [1.82, 2.24) is 15.3 Å². The van der Waals surface area contributed by atoms with E-state index < -0.39 is 36.0 Å². The van der Waals surface area contributed by atoms with Crippen molar-refractivity contribution in [2.24, 2.45) is 11.8 Å². The van der Waals surface area contributed by atoms with Gasteiger partial charge in [-0.25, -0.2) is 10.3 Å². The van der Waals surface area contributed by atoms with E-state index in [9.17, 15) is 24.7 Å². The molecule has 1 saturated carbocycles. The third-order valence-corrected chi connectivity index (χ3v) is 7.03. The second-order valence-electron chi connectivity index (χ2n) is 9.08. The number of β-amino-alcohol motifs (C(OH)–C–C–N with tert-alkyl or cyclic N) is 1. The lowest BCUT2D eigenvalue weighted by Gasteiger charge is -2.36. The summed E-state index contributed by atoms with van der Waals surface area (Å²) in [5, 5.41) is 18.9. The number of amides is 3. The number of hydrogen-bond donors (Lipinski definition) is 3. The van der Waals surface area contributed by atoms with Crippen LogP contribution in [0.2, 0.25) is 0 Å². The summed E-state index contributed by atoms with van der Waals surface area (Å²) in [6.07, 6.45) is 0.901. The Morgan fingerprint density at radius 1 is 0.938 bits per heavy atom. The molecule has 1 aromatic rings. The molecule has 0 unspecified atom stereocenters. The van der Waals surface area contributed by atoms with Gasteiger partial charge in [-0.2, -0.15) is 0 Å². The van der Waals surface area contributed by atoms with Gasteiger partial charge in [0.15, 0.2) is 0 Å². The molecule has 3 fully saturated rings. The molecule has 32 heavy (non-hydrogen) atoms. The molecule has 1 aromatic carbocycles. The van der Waals surface area contributed by atoms with E-state index in [0.717, 1.165) is 6.42 Å². The molecule has 0 spiro atoms. The van der Waals surface area contributed by atoms with E-state index in [-0.39, 0.29) is 24.8 Å². The summed E-state index contributed by atoms with van der Waals surface area (Å²) in [7, 11) is 0. The lowest BCUT2D eigenvalue weighted by Crippen LogP contribution is -2.47. The summed E-state index contributed by atoms with van der Waals surface area (Å²) in [5.41, 5.74) is 2.89. The van der Waals surface area contributed by atoms with Crippen molar-refractivity contribution in [3.8, 4) is 0 Å². The summed E-state index contributed by atoms with van der Waals surface area (Å²) >= 11 is 0. The summed E-state index contributed by atoms with van der Waals surface area (Å²) in [6.45, 7) is 1.93. The number of carbonyl (C=O) groups is 3. The van der Waals surface area contributed by atoms with Crippen molar-refractivity contribution in [1.29, 1.82) is 0 Å². The minimum Gasteiger partial charge on any atom is -0.446 e. The summed E-state index contributed by atoms with van der Waals surface area (Å²) < 4.78 is 5.57. The Labute approximate surface area is 187 Å². The molecular weight excluding hydrogens is 414 g/mol. The van der Waals surface area contributed by atoms with Crippen LogP contribution in [0.3, 0.4) is 0 Å². The predicted octanol–water partition coefficient (Wildman–Crippen LogP) is 1.50. The highest BCUT2D eigenvalue weighted by molar-refractivity contribution is 5.87. The number of carbonyl (C=O) groups excluding carboxylic acids is 3. The molecule has 4 rings (SSSR count). The van der Waals surface area contributed by atoms with Gasteiger partial charge in [-0.1, -0.05) is 30.3 Å². The van der Waals surface area contributed by atoms with Crippen LogP contribution in [0.15, 0.2) is 30.3 Å². The molecular formula is C23H31N3O6. The maximum absolute atomic E-state index is 13.3. The number of hydrogen-bond acceptors (Lipinski definition) is 6. The third-order valence-electron chi connectivity index (χ3n) is 7.03. The van der Waals surface area contributed by atoms with Crippen molar-refractivity contribution in [2.75, 3.05) is 26.2 Å². The van der Waals surface area contributed by atoms with Gasteiger partial charge in [0.2, 0.25) is 11.8 Å². The zero-order chi connectivity index (χ0) is 22.7. The van der Waals surface area contributed by atoms with E-state index in [1.807, 2.05) is 23.1 Å². The third kappa shape index (κ3) is 4.88. The van der Waals surface area contributed by atoms with Gasteiger partial charge in [-0.05, 0) is 37.7 Å². The molecule has 1 aliphatic carbocycles. The molecule has 5 atom stereocenters. The number of nitrogens with zero attached hydrogens (tertiary/aromatic N) is 2. The molecule has 174 valence electrons. The van der Waals surface area contributed by atoms with Crippen LogP contribution in [0.25, 0.3) is 0 Å². The van der Waals surface area contributed by atoms with Gasteiger partial charge < -0.3 is 19.6 Å². The van der Waals surface area contributed by atoms with Crippen molar-refractivity contribution in [3.05, 3.63) is 35.9 Å². The van der Waals surface area contributed by atoms with Crippen LogP contribution in [0.5, 0.6) is 0 Å². The van der Waals surface area contributed by atoms with Crippen LogP contribution in [0.1, 0.15) is 43.6 Å². The van der Waals surface area contributed by atoms with Crippen molar-refractivity contribution >= 4 is 17.9 Å². The Morgan fingerprint density at radius 3 is 2.38 bits per heavy atom. The first-order chi connectivity index (χ1) is 15.5. The fourth-order valence-corrected chi connectivity index (χ4v) is 5.22. The largest absolute Gasteiger partial charge is 0.446 e. The van der Waals surface area contributed by atoms with Gasteiger partial charge in [0, 0.05) is 32.1 Å². The lowest BCUT2D eigenvalue weighted by atomic mass is 9.76. The zero-order valence-corrected chi connectivity index (χ0v) is 18.1. The second kappa shape index (κ2) is 9.87. The number of benzene rings is 1. The van der Waals surface area contributed by atoms with E-state index in [1.54, 1.807) is 5.48 Å². The first kappa shape index (κ1) is 22.5. The molecule has 3 aliphatic rings. The highest BCUT2D eigenvalue weighted by atomic mass is 16.6. The lowest BCUT2D eigenvalue weighted by molar-refractivity contribution is -0.148. The standard InChI is InChI=1S/C23H31N3O6/c27-17-9-11-26(14-17)23(30)32-18-6-7-19(20(12-18)21(28)24-31)22(29)25-10-8-16(13-25)15-4-2-1-3-5-15/h1-5,16-20,27,31H,6-14H2,(H,24,28)/t16-,17+,18-,19-,20-/m0/s1. The topological polar surface area (TPSA) is 119 Å². The summed E-state index contributed by atoms with van der Waals surface area (Å²) in [4.78, 5) is 41.3. The maximum Gasteiger partial charge on any atom is 0.410 e. The number of aliphatic hydroxyl groups is 1. The molecule has 3 amide bonds.